The molecule has 1 saturated carbocycles. The number of carbonyl (C=O) groups is 1. The van der Waals surface area contributed by atoms with E-state index in [-0.39, 0.29) is 12.5 Å². The third-order valence-corrected chi connectivity index (χ3v) is 4.84. The van der Waals surface area contributed by atoms with Crippen molar-refractivity contribution in [2.24, 2.45) is 5.73 Å². The van der Waals surface area contributed by atoms with Gasteiger partial charge in [-0.15, -0.1) is 11.3 Å². The second kappa shape index (κ2) is 7.89. The monoisotopic (exact) mass is 312 g/mol. The van der Waals surface area contributed by atoms with Crippen LogP contribution in [0.3, 0.4) is 0 Å². The van der Waals surface area contributed by atoms with E-state index < -0.39 is 11.6 Å². The molecule has 0 aromatic carbocycles. The van der Waals surface area contributed by atoms with Gasteiger partial charge in [0.1, 0.15) is 0 Å². The minimum Gasteiger partial charge on any atom is -0.389 e. The maximum Gasteiger partial charge on any atom is 0.237 e. The predicted octanol–water partition coefficient (Wildman–Crippen LogP) is 1.40. The maximum atomic E-state index is 11.7. The van der Waals surface area contributed by atoms with Gasteiger partial charge in [0.15, 0.2) is 0 Å². The first-order valence-corrected chi connectivity index (χ1v) is 8.33. The van der Waals surface area contributed by atoms with Gasteiger partial charge in [0, 0.05) is 11.4 Å². The molecule has 1 unspecified atom stereocenters. The largest absolute Gasteiger partial charge is 0.389 e. The molecule has 1 aromatic heterocycles. The Morgan fingerprint density at radius 3 is 2.86 bits per heavy atom. The van der Waals surface area contributed by atoms with Crippen LogP contribution in [-0.4, -0.2) is 35.8 Å². The number of carbonyl (C=O) groups excluding carboxylic acids is 1. The lowest BCUT2D eigenvalue weighted by Crippen LogP contribution is -2.58. The molecular weight excluding hydrogens is 288 g/mol. The summed E-state index contributed by atoms with van der Waals surface area (Å²) >= 11 is 1.63. The van der Waals surface area contributed by atoms with E-state index in [9.17, 15) is 9.90 Å². The van der Waals surface area contributed by atoms with Crippen LogP contribution in [0.1, 0.15) is 37.0 Å². The molecule has 1 aliphatic carbocycles. The Kier molecular flexibility index (Phi) is 6.17. The number of aliphatic hydroxyl groups is 1. The van der Waals surface area contributed by atoms with Crippen LogP contribution in [-0.2, 0) is 16.1 Å². The van der Waals surface area contributed by atoms with E-state index in [0.717, 1.165) is 37.0 Å². The standard InChI is InChI=1S/C15H24N2O3S/c16-14(19)15(6-2-1-3-7-15)17-9-12(18)10-20-11-13-5-4-8-21-13/h4-5,8,12,17-18H,1-3,6-7,9-11H2,(H2,16,19). The Labute approximate surface area is 129 Å². The first-order valence-electron chi connectivity index (χ1n) is 7.45. The quantitative estimate of drug-likeness (QED) is 0.677. The highest BCUT2D eigenvalue weighted by Crippen LogP contribution is 2.27. The molecule has 1 atom stereocenters. The SMILES string of the molecule is NC(=O)C1(NCC(O)COCc2cccs2)CCCCC1. The van der Waals surface area contributed by atoms with Crippen LogP contribution in [0.25, 0.3) is 0 Å². The van der Waals surface area contributed by atoms with Crippen molar-refractivity contribution >= 4 is 17.2 Å². The predicted molar refractivity (Wildman–Crippen MR) is 83.0 cm³/mol. The van der Waals surface area contributed by atoms with Crippen molar-refractivity contribution in [3.63, 3.8) is 0 Å². The molecule has 0 aliphatic heterocycles. The molecule has 1 fully saturated rings. The fraction of sp³-hybridized carbons (Fsp3) is 0.667. The Bertz CT molecular complexity index is 430. The number of aliphatic hydroxyl groups excluding tert-OH is 1. The molecular formula is C15H24N2O3S. The lowest BCUT2D eigenvalue weighted by molar-refractivity contribution is -0.126. The summed E-state index contributed by atoms with van der Waals surface area (Å²) in [6.07, 6.45) is 4.02. The van der Waals surface area contributed by atoms with E-state index in [4.69, 9.17) is 10.5 Å². The third-order valence-electron chi connectivity index (χ3n) is 3.99. The van der Waals surface area contributed by atoms with Crippen molar-refractivity contribution in [1.82, 2.24) is 5.32 Å². The van der Waals surface area contributed by atoms with E-state index in [0.29, 0.717) is 13.2 Å². The fourth-order valence-electron chi connectivity index (χ4n) is 2.73. The van der Waals surface area contributed by atoms with Crippen LogP contribution in [0.15, 0.2) is 17.5 Å². The molecule has 5 nitrogen and oxygen atoms in total. The zero-order valence-corrected chi connectivity index (χ0v) is 13.0. The van der Waals surface area contributed by atoms with Gasteiger partial charge in [-0.05, 0) is 24.3 Å². The lowest BCUT2D eigenvalue weighted by atomic mass is 9.81. The van der Waals surface area contributed by atoms with E-state index >= 15 is 0 Å². The van der Waals surface area contributed by atoms with Crippen LogP contribution in [0, 0.1) is 0 Å². The highest BCUT2D eigenvalue weighted by molar-refractivity contribution is 7.09. The zero-order valence-electron chi connectivity index (χ0n) is 12.2. The van der Waals surface area contributed by atoms with Crippen molar-refractivity contribution in [3.05, 3.63) is 22.4 Å². The van der Waals surface area contributed by atoms with Crippen LogP contribution in [0.4, 0.5) is 0 Å². The Morgan fingerprint density at radius 1 is 1.48 bits per heavy atom. The summed E-state index contributed by atoms with van der Waals surface area (Å²) in [6, 6.07) is 3.97. The molecule has 1 heterocycles. The van der Waals surface area contributed by atoms with Crippen molar-refractivity contribution in [2.45, 2.75) is 50.4 Å². The summed E-state index contributed by atoms with van der Waals surface area (Å²) in [4.78, 5) is 12.8. The summed E-state index contributed by atoms with van der Waals surface area (Å²) in [5.74, 6) is -0.311. The number of amides is 1. The molecule has 118 valence electrons. The summed E-state index contributed by atoms with van der Waals surface area (Å²) < 4.78 is 5.48. The van der Waals surface area contributed by atoms with Crippen molar-refractivity contribution in [3.8, 4) is 0 Å². The fourth-order valence-corrected chi connectivity index (χ4v) is 3.37. The summed E-state index contributed by atoms with van der Waals surface area (Å²) in [6.45, 7) is 1.09. The van der Waals surface area contributed by atoms with Gasteiger partial charge in [0.2, 0.25) is 5.91 Å². The average molecular weight is 312 g/mol. The number of ether oxygens (including phenoxy) is 1. The number of hydrogen-bond acceptors (Lipinski definition) is 5. The Morgan fingerprint density at radius 2 is 2.24 bits per heavy atom. The molecule has 1 amide bonds. The number of nitrogens with two attached hydrogens (primary N) is 1. The number of nitrogens with one attached hydrogen (secondary N) is 1. The number of β-amino-alcohol motifs (C(OH)–C–C–N with tert-alkyl or cyclic N) is 1. The van der Waals surface area contributed by atoms with E-state index in [1.165, 1.54) is 0 Å². The number of primary amides is 1. The minimum absolute atomic E-state index is 0.250. The zero-order chi connectivity index (χ0) is 15.1. The summed E-state index contributed by atoms with van der Waals surface area (Å²) in [5, 5.41) is 15.1. The molecule has 0 spiro atoms. The number of hydrogen-bond donors (Lipinski definition) is 3. The first-order chi connectivity index (χ1) is 10.1. The van der Waals surface area contributed by atoms with Crippen molar-refractivity contribution in [1.29, 1.82) is 0 Å². The number of rotatable bonds is 8. The van der Waals surface area contributed by atoms with Crippen LogP contribution in [0.2, 0.25) is 0 Å². The van der Waals surface area contributed by atoms with Gasteiger partial charge in [-0.3, -0.25) is 4.79 Å². The molecule has 1 aliphatic rings. The molecule has 6 heteroatoms. The van der Waals surface area contributed by atoms with Gasteiger partial charge in [-0.1, -0.05) is 25.3 Å². The van der Waals surface area contributed by atoms with Gasteiger partial charge in [0.05, 0.1) is 24.9 Å². The Balaban J connectivity index is 1.71. The highest BCUT2D eigenvalue weighted by Gasteiger charge is 2.37. The van der Waals surface area contributed by atoms with Crippen LogP contribution >= 0.6 is 11.3 Å². The smallest absolute Gasteiger partial charge is 0.237 e. The molecule has 0 saturated heterocycles. The minimum atomic E-state index is -0.646. The molecule has 1 aromatic rings. The molecule has 0 radical (unpaired) electrons. The van der Waals surface area contributed by atoms with Gasteiger partial charge in [-0.25, -0.2) is 0 Å². The lowest BCUT2D eigenvalue weighted by Gasteiger charge is -2.36. The van der Waals surface area contributed by atoms with E-state index in [1.54, 1.807) is 11.3 Å². The average Bonchev–Trinajstić information content (AvgIpc) is 2.99. The second-order valence-corrected chi connectivity index (χ2v) is 6.67. The maximum absolute atomic E-state index is 11.7. The molecule has 2 rings (SSSR count). The first kappa shape index (κ1) is 16.4. The van der Waals surface area contributed by atoms with Gasteiger partial charge in [-0.2, -0.15) is 0 Å². The van der Waals surface area contributed by atoms with Crippen LogP contribution < -0.4 is 11.1 Å². The van der Waals surface area contributed by atoms with Crippen LogP contribution in [0.5, 0.6) is 0 Å². The van der Waals surface area contributed by atoms with Crippen molar-refractivity contribution in [2.75, 3.05) is 13.2 Å². The normalized spacial score (nSPS) is 19.3. The van der Waals surface area contributed by atoms with Crippen molar-refractivity contribution < 1.29 is 14.6 Å². The Hall–Kier alpha value is -0.950. The molecule has 21 heavy (non-hydrogen) atoms. The topological polar surface area (TPSA) is 84.6 Å². The summed E-state index contributed by atoms with van der Waals surface area (Å²) in [5.41, 5.74) is 4.89. The molecule has 0 bridgehead atoms. The van der Waals surface area contributed by atoms with E-state index in [1.807, 2.05) is 17.5 Å². The van der Waals surface area contributed by atoms with Gasteiger partial charge in [0.25, 0.3) is 0 Å². The van der Waals surface area contributed by atoms with Gasteiger partial charge >= 0.3 is 0 Å². The second-order valence-electron chi connectivity index (χ2n) is 5.64. The highest BCUT2D eigenvalue weighted by atomic mass is 32.1. The van der Waals surface area contributed by atoms with E-state index in [2.05, 4.69) is 5.32 Å². The van der Waals surface area contributed by atoms with Gasteiger partial charge < -0.3 is 20.9 Å². The number of thiophene rings is 1. The summed E-state index contributed by atoms with van der Waals surface area (Å²) in [7, 11) is 0. The molecule has 4 N–H and O–H groups in total. The third kappa shape index (κ3) is 4.78.